The average molecular weight is 306 g/mol. The summed E-state index contributed by atoms with van der Waals surface area (Å²) in [5.74, 6) is 0. The van der Waals surface area contributed by atoms with Crippen LogP contribution in [0.1, 0.15) is 0 Å². The molecule has 0 heterocycles. The summed E-state index contributed by atoms with van der Waals surface area (Å²) in [7, 11) is 0. The molecule has 1 aromatic carbocycles. The summed E-state index contributed by atoms with van der Waals surface area (Å²) in [4.78, 5) is 9.56. The Labute approximate surface area is 72.5 Å². The van der Waals surface area contributed by atoms with Gasteiger partial charge < -0.3 is 0 Å². The first-order valence-electron chi connectivity index (χ1n) is 2.41. The predicted octanol–water partition coefficient (Wildman–Crippen LogP) is 1.39. The van der Waals surface area contributed by atoms with Crippen LogP contribution in [0.3, 0.4) is 0 Å². The number of nitro benzene ring substituents is 1. The Balaban J connectivity index is 0.000000810. The van der Waals surface area contributed by atoms with Gasteiger partial charge in [-0.15, -0.1) is 0 Å². The molecule has 4 heteroatoms. The first kappa shape index (κ1) is 9.31. The molecule has 0 saturated carbocycles. The van der Waals surface area contributed by atoms with Gasteiger partial charge in [-0.05, 0) is 0 Å². The molecule has 50 valence electrons. The van der Waals surface area contributed by atoms with Gasteiger partial charge in [0.15, 0.2) is 5.69 Å². The van der Waals surface area contributed by atoms with Crippen LogP contribution in [-0.4, -0.2) is 4.92 Å². The third kappa shape index (κ3) is 2.27. The first-order valence-corrected chi connectivity index (χ1v) is 2.41. The Hall–Kier alpha value is -0.692. The predicted molar refractivity (Wildman–Crippen MR) is 31.9 cm³/mol. The fraction of sp³-hybridized carbons (Fsp3) is 0. The fourth-order valence-corrected chi connectivity index (χ4v) is 0.500. The zero-order chi connectivity index (χ0) is 6.69. The number of benzene rings is 1. The summed E-state index contributed by atoms with van der Waals surface area (Å²) in [6, 6.07) is 8.51. The quantitative estimate of drug-likeness (QED) is 0.447. The van der Waals surface area contributed by atoms with Gasteiger partial charge in [-0.25, -0.2) is 0 Å². The van der Waals surface area contributed by atoms with Gasteiger partial charge in [0.1, 0.15) is 0 Å². The molecule has 0 atom stereocenters. The molecule has 0 fully saturated rings. The van der Waals surface area contributed by atoms with E-state index in [0.717, 1.165) is 0 Å². The molecule has 1 rings (SSSR count). The average Bonchev–Trinajstić information content (AvgIpc) is 1.90. The van der Waals surface area contributed by atoms with E-state index in [1.807, 2.05) is 0 Å². The van der Waals surface area contributed by atoms with Crippen LogP contribution in [0.25, 0.3) is 0 Å². The van der Waals surface area contributed by atoms with E-state index in [4.69, 9.17) is 0 Å². The molecule has 0 bridgehead atoms. The van der Waals surface area contributed by atoms with E-state index in [0.29, 0.717) is 0 Å². The topological polar surface area (TPSA) is 43.1 Å². The normalized spacial score (nSPS) is 8.00. The van der Waals surface area contributed by atoms with E-state index in [2.05, 4.69) is 6.07 Å². The van der Waals surface area contributed by atoms with Crippen LogP contribution in [-0.2, 0) is 21.1 Å². The van der Waals surface area contributed by atoms with Crippen molar-refractivity contribution in [1.82, 2.24) is 0 Å². The number of nitro groups is 1. The van der Waals surface area contributed by atoms with Crippen molar-refractivity contribution in [3.8, 4) is 0 Å². The molecular formula is C6H4NO2W+. The van der Waals surface area contributed by atoms with E-state index >= 15 is 0 Å². The zero-order valence-electron chi connectivity index (χ0n) is 4.98. The van der Waals surface area contributed by atoms with Crippen LogP contribution in [0.5, 0.6) is 0 Å². The Kier molecular flexibility index (Phi) is 3.89. The Morgan fingerprint density at radius 3 is 2.20 bits per heavy atom. The molecule has 0 amide bonds. The van der Waals surface area contributed by atoms with E-state index in [1.165, 1.54) is 24.3 Å². The SMILES string of the molecule is O=[N+]([O-])c1cc[c-]cc1.[W+2]. The third-order valence-corrected chi connectivity index (χ3v) is 0.911. The smallest absolute Gasteiger partial charge is 0.260 e. The van der Waals surface area contributed by atoms with Crippen LogP contribution in [0, 0.1) is 16.2 Å². The van der Waals surface area contributed by atoms with Crippen molar-refractivity contribution in [2.45, 2.75) is 0 Å². The molecular weight excluding hydrogens is 302 g/mol. The standard InChI is InChI=1S/C6H4NO2.W/c8-7(9)6-4-2-1-3-5-6;/h2-5H;/q-1;+2. The number of rotatable bonds is 1. The summed E-state index contributed by atoms with van der Waals surface area (Å²) in [6.45, 7) is 0. The van der Waals surface area contributed by atoms with Crippen LogP contribution in [0.4, 0.5) is 5.69 Å². The van der Waals surface area contributed by atoms with Crippen LogP contribution < -0.4 is 0 Å². The van der Waals surface area contributed by atoms with Crippen molar-refractivity contribution >= 4 is 5.69 Å². The summed E-state index contributed by atoms with van der Waals surface area (Å²) >= 11 is 0. The Bertz CT molecular complexity index is 212. The van der Waals surface area contributed by atoms with E-state index in [9.17, 15) is 10.1 Å². The second-order valence-electron chi connectivity index (χ2n) is 1.52. The van der Waals surface area contributed by atoms with Crippen molar-refractivity contribution in [3.63, 3.8) is 0 Å². The second-order valence-corrected chi connectivity index (χ2v) is 1.52. The molecule has 3 nitrogen and oxygen atoms in total. The minimum atomic E-state index is -0.437. The Morgan fingerprint density at radius 2 is 1.90 bits per heavy atom. The molecule has 0 unspecified atom stereocenters. The van der Waals surface area contributed by atoms with Crippen LogP contribution in [0.2, 0.25) is 0 Å². The van der Waals surface area contributed by atoms with Crippen molar-refractivity contribution in [2.75, 3.05) is 0 Å². The third-order valence-electron chi connectivity index (χ3n) is 0.911. The molecule has 0 radical (unpaired) electrons. The monoisotopic (exact) mass is 306 g/mol. The largest absolute Gasteiger partial charge is 2.00 e. The first-order chi connectivity index (χ1) is 4.30. The maximum Gasteiger partial charge on any atom is 2.00 e. The maximum atomic E-state index is 9.99. The molecule has 10 heavy (non-hydrogen) atoms. The zero-order valence-corrected chi connectivity index (χ0v) is 7.91. The number of nitrogens with zero attached hydrogens (tertiary/aromatic N) is 1. The van der Waals surface area contributed by atoms with Crippen molar-refractivity contribution in [1.29, 1.82) is 0 Å². The van der Waals surface area contributed by atoms with Crippen molar-refractivity contribution in [2.24, 2.45) is 0 Å². The molecule has 0 N–H and O–H groups in total. The summed E-state index contributed by atoms with van der Waals surface area (Å²) in [5, 5.41) is 9.99. The molecule has 0 spiro atoms. The molecule has 0 saturated heterocycles. The van der Waals surface area contributed by atoms with Gasteiger partial charge in [0.2, 0.25) is 0 Å². The van der Waals surface area contributed by atoms with Crippen molar-refractivity contribution in [3.05, 3.63) is 40.4 Å². The van der Waals surface area contributed by atoms with Gasteiger partial charge in [-0.2, -0.15) is 18.2 Å². The fourth-order valence-electron chi connectivity index (χ4n) is 0.500. The molecule has 0 aliphatic heterocycles. The van der Waals surface area contributed by atoms with Crippen LogP contribution in [0.15, 0.2) is 24.3 Å². The molecule has 0 aliphatic rings. The maximum absolute atomic E-state index is 9.99. The Morgan fingerprint density at radius 1 is 1.40 bits per heavy atom. The molecule has 0 aromatic heterocycles. The van der Waals surface area contributed by atoms with Gasteiger partial charge in [0.25, 0.3) is 0 Å². The van der Waals surface area contributed by atoms with Crippen LogP contribution >= 0.6 is 0 Å². The minimum absolute atomic E-state index is 0. The minimum Gasteiger partial charge on any atom is -0.260 e. The second kappa shape index (κ2) is 4.18. The summed E-state index contributed by atoms with van der Waals surface area (Å²) in [6.07, 6.45) is 0. The summed E-state index contributed by atoms with van der Waals surface area (Å²) in [5.41, 5.74) is 0.105. The summed E-state index contributed by atoms with van der Waals surface area (Å²) < 4.78 is 0. The molecule has 0 aliphatic carbocycles. The van der Waals surface area contributed by atoms with Crippen molar-refractivity contribution < 1.29 is 26.0 Å². The van der Waals surface area contributed by atoms with Gasteiger partial charge in [0.05, 0.1) is 0 Å². The van der Waals surface area contributed by atoms with Gasteiger partial charge in [-0.3, -0.25) is 10.1 Å². The van der Waals surface area contributed by atoms with Gasteiger partial charge >= 0.3 is 21.1 Å². The van der Waals surface area contributed by atoms with E-state index in [-0.39, 0.29) is 26.8 Å². The van der Waals surface area contributed by atoms with Gasteiger partial charge in [0, 0.05) is 4.92 Å². The van der Waals surface area contributed by atoms with E-state index < -0.39 is 4.92 Å². The molecule has 1 aromatic rings. The van der Waals surface area contributed by atoms with E-state index in [1.54, 1.807) is 0 Å². The van der Waals surface area contributed by atoms with Gasteiger partial charge in [-0.1, -0.05) is 12.1 Å². The number of non-ortho nitro benzene ring substituents is 1. The number of hydrogen-bond acceptors (Lipinski definition) is 2. The number of hydrogen-bond donors (Lipinski definition) is 0.